The molecule has 0 unspecified atom stereocenters. The van der Waals surface area contributed by atoms with Crippen LogP contribution in [0.2, 0.25) is 0 Å². The van der Waals surface area contributed by atoms with E-state index in [4.69, 9.17) is 0 Å². The maximum atomic E-state index is 2.64. The van der Waals surface area contributed by atoms with Crippen molar-refractivity contribution in [2.45, 2.75) is 9.79 Å². The predicted octanol–water partition coefficient (Wildman–Crippen LogP) is 10.7. The second-order valence-corrected chi connectivity index (χ2v) is 26.0. The Kier molecular flexibility index (Phi) is 9.21. The lowest BCUT2D eigenvalue weighted by atomic mass is 10.0. The Morgan fingerprint density at radius 3 is 1.39 bits per heavy atom. The zero-order valence-electron chi connectivity index (χ0n) is 36.2. The van der Waals surface area contributed by atoms with Crippen LogP contribution < -0.4 is 46.4 Å². The summed E-state index contributed by atoms with van der Waals surface area (Å²) in [7, 11) is -5.97. The van der Waals surface area contributed by atoms with Crippen LogP contribution in [-0.4, -0.2) is 16.1 Å². The SMILES string of the molecule is c1ccc(-c2ccc(N(c3ccc4c(c3)[Si]3(c5ccccc5Sc5ccccc53)c3ccccc3[Si]4(c3ccccc3)c3ccccc3)c3ccc4c(ccc5ccccc54)c3)cc2)cc1. The van der Waals surface area contributed by atoms with Gasteiger partial charge in [-0.05, 0) is 123 Å². The molecule has 11 aromatic rings. The first-order valence-electron chi connectivity index (χ1n) is 22.8. The van der Waals surface area contributed by atoms with Gasteiger partial charge < -0.3 is 4.90 Å². The molecule has 0 aromatic heterocycles. The second kappa shape index (κ2) is 15.6. The van der Waals surface area contributed by atoms with Crippen molar-refractivity contribution in [2.24, 2.45) is 0 Å². The Balaban J connectivity index is 1.15. The Morgan fingerprint density at radius 1 is 0.273 bits per heavy atom. The van der Waals surface area contributed by atoms with Crippen molar-refractivity contribution in [2.75, 3.05) is 4.90 Å². The Bertz CT molecular complexity index is 3540. The average molecular weight is 890 g/mol. The highest BCUT2D eigenvalue weighted by molar-refractivity contribution is 8.00. The number of benzene rings is 11. The standard InChI is InChI=1S/C62H43NSSi2/c1-4-18-44(19-5-1)45-34-36-48(37-35-45)63(49-38-40-54-47(42-49)33-32-46-20-10-11-25-53(46)54)50-39-41-61-62(43-50)66(57-28-14-12-26-55(57)64-56-27-13-15-29-58(56)66)60-31-17-16-30-59(60)65(61,51-21-6-2-7-22-51)52-23-8-3-9-24-52/h1-43H. The monoisotopic (exact) mass is 889 g/mol. The van der Waals surface area contributed by atoms with Crippen LogP contribution in [0.15, 0.2) is 271 Å². The predicted molar refractivity (Wildman–Crippen MR) is 286 cm³/mol. The van der Waals surface area contributed by atoms with Gasteiger partial charge in [-0.1, -0.05) is 224 Å². The van der Waals surface area contributed by atoms with Gasteiger partial charge in [-0.15, -0.1) is 0 Å². The summed E-state index contributed by atoms with van der Waals surface area (Å²) < 4.78 is 0. The van der Waals surface area contributed by atoms with E-state index in [0.717, 1.165) is 17.1 Å². The summed E-state index contributed by atoms with van der Waals surface area (Å²) in [5.74, 6) is 0. The smallest absolute Gasteiger partial charge is 0.181 e. The van der Waals surface area contributed by atoms with Crippen LogP contribution in [0.4, 0.5) is 17.1 Å². The van der Waals surface area contributed by atoms with E-state index in [1.165, 1.54) is 84.0 Å². The summed E-state index contributed by atoms with van der Waals surface area (Å²) in [5.41, 5.74) is 5.82. The van der Waals surface area contributed by atoms with Crippen molar-refractivity contribution in [1.29, 1.82) is 0 Å². The molecule has 0 radical (unpaired) electrons. The number of anilines is 3. The van der Waals surface area contributed by atoms with Crippen LogP contribution in [0.5, 0.6) is 0 Å². The quantitative estimate of drug-likeness (QED) is 0.121. The fraction of sp³-hybridized carbons (Fsp3) is 0. The van der Waals surface area contributed by atoms with Crippen LogP contribution in [-0.2, 0) is 0 Å². The highest BCUT2D eigenvalue weighted by Crippen LogP contribution is 2.40. The summed E-state index contributed by atoms with van der Waals surface area (Å²) in [6, 6.07) is 99.1. The maximum absolute atomic E-state index is 3.03. The molecule has 0 bridgehead atoms. The lowest BCUT2D eigenvalue weighted by molar-refractivity contribution is 1.29. The first-order chi connectivity index (χ1) is 32.7. The van der Waals surface area contributed by atoms with Crippen LogP contribution >= 0.6 is 11.8 Å². The molecule has 2 aliphatic rings. The first kappa shape index (κ1) is 38.9. The minimum absolute atomic E-state index is 1.12. The third-order valence-corrected chi connectivity index (χ3v) is 26.1. The van der Waals surface area contributed by atoms with Crippen molar-refractivity contribution in [3.63, 3.8) is 0 Å². The highest BCUT2D eigenvalue weighted by Gasteiger charge is 2.58. The lowest BCUT2D eigenvalue weighted by Gasteiger charge is -2.50. The molecule has 0 atom stereocenters. The van der Waals surface area contributed by atoms with Gasteiger partial charge in [-0.2, -0.15) is 0 Å². The second-order valence-electron chi connectivity index (χ2n) is 17.5. The molecule has 13 rings (SSSR count). The van der Waals surface area contributed by atoms with Crippen LogP contribution in [0.1, 0.15) is 0 Å². The third kappa shape index (κ3) is 5.79. The van der Waals surface area contributed by atoms with Gasteiger partial charge in [0, 0.05) is 26.9 Å². The Labute approximate surface area is 392 Å². The molecule has 0 N–H and O–H groups in total. The van der Waals surface area contributed by atoms with Gasteiger partial charge in [-0.3, -0.25) is 0 Å². The van der Waals surface area contributed by atoms with Crippen LogP contribution in [0, 0.1) is 0 Å². The van der Waals surface area contributed by atoms with Gasteiger partial charge in [0.2, 0.25) is 0 Å². The molecule has 0 fully saturated rings. The van der Waals surface area contributed by atoms with Crippen LogP contribution in [0.25, 0.3) is 32.7 Å². The zero-order valence-corrected chi connectivity index (χ0v) is 39.0. The molecule has 1 nitrogen and oxygen atoms in total. The molecular weight excluding hydrogens is 847 g/mol. The third-order valence-electron chi connectivity index (χ3n) is 14.2. The molecule has 0 saturated heterocycles. The van der Waals surface area contributed by atoms with Crippen molar-refractivity contribution in [1.82, 2.24) is 0 Å². The topological polar surface area (TPSA) is 3.24 Å². The maximum Gasteiger partial charge on any atom is 0.181 e. The van der Waals surface area contributed by atoms with E-state index in [1.807, 2.05) is 11.8 Å². The summed E-state index contributed by atoms with van der Waals surface area (Å²) in [6.07, 6.45) is 0. The van der Waals surface area contributed by atoms with Gasteiger partial charge >= 0.3 is 0 Å². The van der Waals surface area contributed by atoms with E-state index in [1.54, 1.807) is 0 Å². The Hall–Kier alpha value is -7.48. The summed E-state index contributed by atoms with van der Waals surface area (Å²) in [6.45, 7) is 0. The molecule has 310 valence electrons. The first-order valence-corrected chi connectivity index (χ1v) is 27.6. The number of hydrogen-bond acceptors (Lipinski definition) is 2. The average Bonchev–Trinajstić information content (AvgIpc) is 3.40. The minimum atomic E-state index is -3.03. The van der Waals surface area contributed by atoms with Gasteiger partial charge in [0.05, 0.1) is 0 Å². The number of fused-ring (bicyclic) bond motifs is 11. The van der Waals surface area contributed by atoms with Crippen molar-refractivity contribution >= 4 is 108 Å². The number of rotatable bonds is 6. The largest absolute Gasteiger partial charge is 0.310 e. The number of hydrogen-bond donors (Lipinski definition) is 0. The van der Waals surface area contributed by atoms with Crippen molar-refractivity contribution in [3.8, 4) is 11.1 Å². The van der Waals surface area contributed by atoms with E-state index in [0.29, 0.717) is 0 Å². The van der Waals surface area contributed by atoms with E-state index in [9.17, 15) is 0 Å². The molecule has 4 heteroatoms. The normalized spacial score (nSPS) is 13.9. The zero-order chi connectivity index (χ0) is 43.7. The minimum Gasteiger partial charge on any atom is -0.310 e. The lowest BCUT2D eigenvalue weighted by Crippen LogP contribution is -2.93. The van der Waals surface area contributed by atoms with Gasteiger partial charge in [0.25, 0.3) is 0 Å². The molecule has 1 spiro atoms. The van der Waals surface area contributed by atoms with Gasteiger partial charge in [-0.25, -0.2) is 0 Å². The van der Waals surface area contributed by atoms with Crippen molar-refractivity contribution in [3.05, 3.63) is 261 Å². The molecule has 2 heterocycles. The van der Waals surface area contributed by atoms with E-state index < -0.39 is 16.1 Å². The molecule has 66 heavy (non-hydrogen) atoms. The molecule has 0 amide bonds. The van der Waals surface area contributed by atoms with Crippen molar-refractivity contribution < 1.29 is 0 Å². The van der Waals surface area contributed by atoms with Crippen LogP contribution in [0.3, 0.4) is 0 Å². The van der Waals surface area contributed by atoms with Gasteiger partial charge in [0.1, 0.15) is 0 Å². The molecule has 2 aliphatic heterocycles. The fourth-order valence-corrected chi connectivity index (χ4v) is 25.8. The van der Waals surface area contributed by atoms with E-state index in [-0.39, 0.29) is 0 Å². The van der Waals surface area contributed by atoms with E-state index >= 15 is 0 Å². The molecule has 0 saturated carbocycles. The van der Waals surface area contributed by atoms with Gasteiger partial charge in [0.15, 0.2) is 16.1 Å². The summed E-state index contributed by atoms with van der Waals surface area (Å²) >= 11 is 1.93. The molecule has 11 aromatic carbocycles. The Morgan fingerprint density at radius 2 is 0.727 bits per heavy atom. The summed E-state index contributed by atoms with van der Waals surface area (Å²) in [4.78, 5) is 5.23. The number of nitrogens with zero attached hydrogens (tertiary/aromatic N) is 1. The molecular formula is C62H43NSSi2. The highest BCUT2D eigenvalue weighted by atomic mass is 32.2. The fourth-order valence-electron chi connectivity index (χ4n) is 11.5. The summed E-state index contributed by atoms with van der Waals surface area (Å²) in [5, 5.41) is 16.7. The molecule has 0 aliphatic carbocycles. The van der Waals surface area contributed by atoms with E-state index in [2.05, 4.69) is 266 Å².